The van der Waals surface area contributed by atoms with Crippen LogP contribution in [-0.4, -0.2) is 23.6 Å². The van der Waals surface area contributed by atoms with Crippen molar-refractivity contribution < 1.29 is 4.74 Å². The fraction of sp³-hybridized carbons (Fsp3) is 0.467. The van der Waals surface area contributed by atoms with Crippen LogP contribution in [0, 0.1) is 0 Å². The zero-order valence-corrected chi connectivity index (χ0v) is 13.5. The summed E-state index contributed by atoms with van der Waals surface area (Å²) in [5.41, 5.74) is 1.26. The Kier molecular flexibility index (Phi) is 5.95. The molecule has 1 atom stereocenters. The van der Waals surface area contributed by atoms with Crippen LogP contribution >= 0.6 is 11.3 Å². The van der Waals surface area contributed by atoms with Crippen LogP contribution in [0.25, 0.3) is 0 Å². The number of nitrogens with zero attached hydrogens (tertiary/aromatic N) is 2. The van der Waals surface area contributed by atoms with Gasteiger partial charge in [0.1, 0.15) is 18.2 Å². The zero-order valence-electron chi connectivity index (χ0n) is 12.7. The predicted molar refractivity (Wildman–Crippen MR) is 87.9 cm³/mol. The molecular formula is C15H22N4OS. The van der Waals surface area contributed by atoms with E-state index < -0.39 is 0 Å². The number of hydrogen-bond donors (Lipinski definition) is 2. The number of methoxy groups -OCH3 is 1. The lowest BCUT2D eigenvalue weighted by molar-refractivity contribution is 0.178. The van der Waals surface area contributed by atoms with E-state index in [0.29, 0.717) is 12.4 Å². The van der Waals surface area contributed by atoms with Gasteiger partial charge in [0.2, 0.25) is 0 Å². The molecule has 0 bridgehead atoms. The second-order valence-corrected chi connectivity index (χ2v) is 5.62. The van der Waals surface area contributed by atoms with Crippen molar-refractivity contribution in [2.75, 3.05) is 24.3 Å². The van der Waals surface area contributed by atoms with Crippen LogP contribution in [0.4, 0.5) is 11.6 Å². The van der Waals surface area contributed by atoms with E-state index in [2.05, 4.69) is 51.3 Å². The van der Waals surface area contributed by atoms with Crippen molar-refractivity contribution in [3.8, 4) is 0 Å². The van der Waals surface area contributed by atoms with E-state index in [1.807, 2.05) is 6.07 Å². The Labute approximate surface area is 129 Å². The van der Waals surface area contributed by atoms with Gasteiger partial charge in [-0.2, -0.15) is 11.3 Å². The molecule has 0 fully saturated rings. The largest absolute Gasteiger partial charge is 0.377 e. The molecule has 0 spiro atoms. The zero-order chi connectivity index (χ0) is 15.1. The normalized spacial score (nSPS) is 12.1. The van der Waals surface area contributed by atoms with Crippen LogP contribution in [0.1, 0.15) is 37.7 Å². The van der Waals surface area contributed by atoms with Crippen LogP contribution in [0.3, 0.4) is 0 Å². The van der Waals surface area contributed by atoms with Gasteiger partial charge in [0.15, 0.2) is 5.82 Å². The maximum atomic E-state index is 5.14. The van der Waals surface area contributed by atoms with Gasteiger partial charge in [0.05, 0.1) is 6.04 Å². The quantitative estimate of drug-likeness (QED) is 0.779. The number of thiophene rings is 1. The van der Waals surface area contributed by atoms with E-state index in [4.69, 9.17) is 4.74 Å². The van der Waals surface area contributed by atoms with Gasteiger partial charge in [-0.1, -0.05) is 6.92 Å². The molecule has 21 heavy (non-hydrogen) atoms. The lowest BCUT2D eigenvalue weighted by atomic mass is 10.2. The minimum atomic E-state index is 0.209. The summed E-state index contributed by atoms with van der Waals surface area (Å²) in [5.74, 6) is 2.33. The predicted octanol–water partition coefficient (Wildman–Crippen LogP) is 3.68. The third-order valence-electron chi connectivity index (χ3n) is 3.01. The standard InChI is InChI=1S/C15H22N4OS/c1-4-6-16-13-8-14(19-15(18-13)9-20-3)17-11(2)12-5-7-21-10-12/h5,7-8,10-11H,4,6,9H2,1-3H3,(H2,16,17,18,19). The summed E-state index contributed by atoms with van der Waals surface area (Å²) in [7, 11) is 1.65. The van der Waals surface area contributed by atoms with Gasteiger partial charge in [0.25, 0.3) is 0 Å². The van der Waals surface area contributed by atoms with Crippen LogP contribution in [0.2, 0.25) is 0 Å². The number of nitrogens with one attached hydrogen (secondary N) is 2. The minimum absolute atomic E-state index is 0.209. The van der Waals surface area contributed by atoms with Gasteiger partial charge in [-0.15, -0.1) is 0 Å². The van der Waals surface area contributed by atoms with Gasteiger partial charge in [-0.25, -0.2) is 9.97 Å². The Morgan fingerprint density at radius 1 is 1.33 bits per heavy atom. The molecule has 1 unspecified atom stereocenters. The summed E-state index contributed by atoms with van der Waals surface area (Å²) in [6.07, 6.45) is 1.05. The van der Waals surface area contributed by atoms with Crippen molar-refractivity contribution in [2.24, 2.45) is 0 Å². The van der Waals surface area contributed by atoms with Crippen molar-refractivity contribution >= 4 is 23.0 Å². The molecule has 0 saturated heterocycles. The Morgan fingerprint density at radius 2 is 2.14 bits per heavy atom. The van der Waals surface area contributed by atoms with Crippen molar-refractivity contribution in [1.82, 2.24) is 9.97 Å². The van der Waals surface area contributed by atoms with E-state index in [0.717, 1.165) is 24.6 Å². The summed E-state index contributed by atoms with van der Waals surface area (Å²) in [6.45, 7) is 5.55. The minimum Gasteiger partial charge on any atom is -0.377 e. The first kappa shape index (κ1) is 15.7. The Hall–Kier alpha value is -1.66. The van der Waals surface area contributed by atoms with Crippen molar-refractivity contribution in [1.29, 1.82) is 0 Å². The topological polar surface area (TPSA) is 59.1 Å². The third-order valence-corrected chi connectivity index (χ3v) is 3.71. The summed E-state index contributed by atoms with van der Waals surface area (Å²) in [4.78, 5) is 8.94. The van der Waals surface area contributed by atoms with Gasteiger partial charge >= 0.3 is 0 Å². The maximum absolute atomic E-state index is 5.14. The molecule has 2 N–H and O–H groups in total. The van der Waals surface area contributed by atoms with Crippen LogP contribution < -0.4 is 10.6 Å². The van der Waals surface area contributed by atoms with E-state index in [1.54, 1.807) is 18.4 Å². The molecule has 5 nitrogen and oxygen atoms in total. The van der Waals surface area contributed by atoms with Crippen molar-refractivity contribution in [2.45, 2.75) is 32.9 Å². The van der Waals surface area contributed by atoms with E-state index in [9.17, 15) is 0 Å². The second kappa shape index (κ2) is 7.95. The first-order valence-corrected chi connectivity index (χ1v) is 8.06. The number of ether oxygens (including phenoxy) is 1. The lowest BCUT2D eigenvalue weighted by Gasteiger charge is -2.15. The summed E-state index contributed by atoms with van der Waals surface area (Å²) < 4.78 is 5.14. The van der Waals surface area contributed by atoms with Gasteiger partial charge < -0.3 is 15.4 Å². The average molecular weight is 306 g/mol. The van der Waals surface area contributed by atoms with Gasteiger partial charge in [-0.05, 0) is 35.7 Å². The first-order chi connectivity index (χ1) is 10.2. The van der Waals surface area contributed by atoms with Crippen molar-refractivity contribution in [3.05, 3.63) is 34.3 Å². The first-order valence-electron chi connectivity index (χ1n) is 7.12. The van der Waals surface area contributed by atoms with Gasteiger partial charge in [0, 0.05) is 19.7 Å². The Bertz CT molecular complexity index is 545. The monoisotopic (exact) mass is 306 g/mol. The molecule has 2 rings (SSSR count). The average Bonchev–Trinajstić information content (AvgIpc) is 2.99. The highest BCUT2D eigenvalue weighted by molar-refractivity contribution is 7.07. The fourth-order valence-corrected chi connectivity index (χ4v) is 2.69. The number of aromatic nitrogens is 2. The Morgan fingerprint density at radius 3 is 2.81 bits per heavy atom. The van der Waals surface area contributed by atoms with Crippen LogP contribution in [0.15, 0.2) is 22.9 Å². The number of anilines is 2. The molecule has 0 aromatic carbocycles. The smallest absolute Gasteiger partial charge is 0.158 e. The lowest BCUT2D eigenvalue weighted by Crippen LogP contribution is -2.11. The number of hydrogen-bond acceptors (Lipinski definition) is 6. The van der Waals surface area contributed by atoms with Crippen LogP contribution in [0.5, 0.6) is 0 Å². The maximum Gasteiger partial charge on any atom is 0.158 e. The third kappa shape index (κ3) is 4.68. The molecule has 2 heterocycles. The highest BCUT2D eigenvalue weighted by Crippen LogP contribution is 2.21. The molecule has 0 aliphatic rings. The molecule has 0 saturated carbocycles. The molecule has 2 aromatic heterocycles. The van der Waals surface area contributed by atoms with Gasteiger partial charge in [-0.3, -0.25) is 0 Å². The molecule has 6 heteroatoms. The molecule has 0 aliphatic heterocycles. The summed E-state index contributed by atoms with van der Waals surface area (Å²) in [6, 6.07) is 4.27. The SMILES string of the molecule is CCCNc1cc(NC(C)c2ccsc2)nc(COC)n1. The molecule has 0 aliphatic carbocycles. The summed E-state index contributed by atoms with van der Waals surface area (Å²) in [5, 5.41) is 10.9. The molecule has 0 radical (unpaired) electrons. The second-order valence-electron chi connectivity index (χ2n) is 4.84. The molecule has 0 amide bonds. The molecular weight excluding hydrogens is 284 g/mol. The highest BCUT2D eigenvalue weighted by Gasteiger charge is 2.09. The molecule has 2 aromatic rings. The van der Waals surface area contributed by atoms with E-state index >= 15 is 0 Å². The van der Waals surface area contributed by atoms with Crippen molar-refractivity contribution in [3.63, 3.8) is 0 Å². The Balaban J connectivity index is 2.14. The molecule has 114 valence electrons. The van der Waals surface area contributed by atoms with E-state index in [1.165, 1.54) is 5.56 Å². The highest BCUT2D eigenvalue weighted by atomic mass is 32.1. The number of rotatable bonds is 8. The summed E-state index contributed by atoms with van der Waals surface area (Å²) >= 11 is 1.70. The fourth-order valence-electron chi connectivity index (χ4n) is 1.93. The van der Waals surface area contributed by atoms with E-state index in [-0.39, 0.29) is 6.04 Å². The van der Waals surface area contributed by atoms with Crippen LogP contribution in [-0.2, 0) is 11.3 Å².